The largest absolute Gasteiger partial charge is 0.495 e. The van der Waals surface area contributed by atoms with Crippen LogP contribution in [-0.4, -0.2) is 56.0 Å². The number of para-hydroxylation sites is 2. The molecule has 0 aromatic heterocycles. The lowest BCUT2D eigenvalue weighted by Crippen LogP contribution is -3.19. The summed E-state index contributed by atoms with van der Waals surface area (Å²) in [5, 5.41) is 2.93. The Kier molecular flexibility index (Phi) is 5.38. The van der Waals surface area contributed by atoms with Crippen LogP contribution in [0.4, 0.5) is 5.69 Å². The zero-order chi connectivity index (χ0) is 16.1. The van der Waals surface area contributed by atoms with Crippen LogP contribution in [-0.2, 0) is 9.59 Å². The normalized spacial score (nSPS) is 17.0. The number of carbonyl (C=O) groups excluding carboxylic acids is 2. The molecule has 1 fully saturated rings. The molecule has 0 aliphatic carbocycles. The first-order valence-electron chi connectivity index (χ1n) is 7.57. The first kappa shape index (κ1) is 16.3. The highest BCUT2D eigenvalue weighted by molar-refractivity contribution is 5.94. The number of rotatable bonds is 4. The van der Waals surface area contributed by atoms with Crippen molar-refractivity contribution in [3.05, 3.63) is 24.3 Å². The molecule has 1 aliphatic rings. The van der Waals surface area contributed by atoms with Crippen LogP contribution in [0.15, 0.2) is 24.3 Å². The zero-order valence-electron chi connectivity index (χ0n) is 13.4. The molecule has 1 aromatic carbocycles. The van der Waals surface area contributed by atoms with Crippen molar-refractivity contribution in [2.45, 2.75) is 19.9 Å². The fourth-order valence-electron chi connectivity index (χ4n) is 2.72. The van der Waals surface area contributed by atoms with E-state index in [9.17, 15) is 9.59 Å². The predicted molar refractivity (Wildman–Crippen MR) is 84.0 cm³/mol. The molecule has 6 nitrogen and oxygen atoms in total. The van der Waals surface area contributed by atoms with Crippen molar-refractivity contribution in [3.8, 4) is 5.75 Å². The summed E-state index contributed by atoms with van der Waals surface area (Å²) in [7, 11) is 1.58. The molecule has 0 bridgehead atoms. The SMILES string of the molecule is COc1ccccc1NC(=O)[C@H](C)[NH+]1CCN(C(C)=O)CC1. The Labute approximate surface area is 131 Å². The van der Waals surface area contributed by atoms with E-state index >= 15 is 0 Å². The van der Waals surface area contributed by atoms with E-state index in [-0.39, 0.29) is 17.9 Å². The van der Waals surface area contributed by atoms with Crippen LogP contribution in [0.3, 0.4) is 0 Å². The summed E-state index contributed by atoms with van der Waals surface area (Å²) >= 11 is 0. The molecule has 2 amide bonds. The molecule has 0 radical (unpaired) electrons. The van der Waals surface area contributed by atoms with Crippen molar-refractivity contribution in [2.75, 3.05) is 38.6 Å². The molecule has 1 saturated heterocycles. The third-order valence-electron chi connectivity index (χ3n) is 4.22. The average Bonchev–Trinajstić information content (AvgIpc) is 2.54. The van der Waals surface area contributed by atoms with Crippen LogP contribution < -0.4 is 15.0 Å². The molecule has 2 rings (SSSR count). The number of nitrogens with zero attached hydrogens (tertiary/aromatic N) is 1. The third-order valence-corrected chi connectivity index (χ3v) is 4.22. The van der Waals surface area contributed by atoms with E-state index in [2.05, 4.69) is 5.32 Å². The van der Waals surface area contributed by atoms with Crippen LogP contribution >= 0.6 is 0 Å². The van der Waals surface area contributed by atoms with Crippen molar-refractivity contribution in [1.82, 2.24) is 4.90 Å². The van der Waals surface area contributed by atoms with Gasteiger partial charge in [-0.3, -0.25) is 9.59 Å². The number of piperazine rings is 1. The fourth-order valence-corrected chi connectivity index (χ4v) is 2.72. The van der Waals surface area contributed by atoms with Crippen LogP contribution in [0.2, 0.25) is 0 Å². The van der Waals surface area contributed by atoms with Gasteiger partial charge >= 0.3 is 0 Å². The number of anilines is 1. The molecule has 1 aromatic rings. The lowest BCUT2D eigenvalue weighted by molar-refractivity contribution is -0.917. The average molecular weight is 306 g/mol. The summed E-state index contributed by atoms with van der Waals surface area (Å²) in [4.78, 5) is 26.8. The summed E-state index contributed by atoms with van der Waals surface area (Å²) < 4.78 is 5.25. The molecule has 1 atom stereocenters. The highest BCUT2D eigenvalue weighted by Crippen LogP contribution is 2.22. The predicted octanol–water partition coefficient (Wildman–Crippen LogP) is -0.231. The number of hydrogen-bond donors (Lipinski definition) is 2. The number of nitrogens with one attached hydrogen (secondary N) is 2. The van der Waals surface area contributed by atoms with Crippen molar-refractivity contribution < 1.29 is 19.2 Å². The first-order chi connectivity index (χ1) is 10.5. The highest BCUT2D eigenvalue weighted by Gasteiger charge is 2.30. The summed E-state index contributed by atoms with van der Waals surface area (Å²) in [5.74, 6) is 0.723. The third kappa shape index (κ3) is 3.76. The van der Waals surface area contributed by atoms with Crippen molar-refractivity contribution in [2.24, 2.45) is 0 Å². The number of hydrogen-bond acceptors (Lipinski definition) is 3. The highest BCUT2D eigenvalue weighted by atomic mass is 16.5. The first-order valence-corrected chi connectivity index (χ1v) is 7.57. The van der Waals surface area contributed by atoms with Crippen molar-refractivity contribution in [3.63, 3.8) is 0 Å². The zero-order valence-corrected chi connectivity index (χ0v) is 13.4. The molecular weight excluding hydrogens is 282 g/mol. The lowest BCUT2D eigenvalue weighted by atomic mass is 10.2. The second-order valence-electron chi connectivity index (χ2n) is 5.58. The molecule has 0 spiro atoms. The number of methoxy groups -OCH3 is 1. The van der Waals surface area contributed by atoms with Crippen molar-refractivity contribution >= 4 is 17.5 Å². The van der Waals surface area contributed by atoms with E-state index < -0.39 is 0 Å². The molecular formula is C16H24N3O3+. The van der Waals surface area contributed by atoms with Gasteiger partial charge in [-0.25, -0.2) is 0 Å². The number of benzene rings is 1. The second kappa shape index (κ2) is 7.26. The van der Waals surface area contributed by atoms with E-state index in [0.29, 0.717) is 24.5 Å². The number of amides is 2. The summed E-state index contributed by atoms with van der Waals surface area (Å²) in [6.07, 6.45) is 0. The minimum Gasteiger partial charge on any atom is -0.495 e. The molecule has 6 heteroatoms. The second-order valence-corrected chi connectivity index (χ2v) is 5.58. The Balaban J connectivity index is 1.94. The fraction of sp³-hybridized carbons (Fsp3) is 0.500. The maximum absolute atomic E-state index is 12.4. The number of ether oxygens (including phenoxy) is 1. The van der Waals surface area contributed by atoms with Crippen LogP contribution in [0, 0.1) is 0 Å². The Hall–Kier alpha value is -2.08. The summed E-state index contributed by atoms with van der Waals surface area (Å²) in [6, 6.07) is 7.20. The molecule has 2 N–H and O–H groups in total. The van der Waals surface area contributed by atoms with Gasteiger partial charge in [-0.05, 0) is 19.1 Å². The Morgan fingerprint density at radius 3 is 2.50 bits per heavy atom. The van der Waals surface area contributed by atoms with E-state index in [1.54, 1.807) is 14.0 Å². The van der Waals surface area contributed by atoms with Gasteiger partial charge in [0, 0.05) is 6.92 Å². The molecule has 0 saturated carbocycles. The van der Waals surface area contributed by atoms with Gasteiger partial charge in [0.15, 0.2) is 6.04 Å². The van der Waals surface area contributed by atoms with Crippen LogP contribution in [0.1, 0.15) is 13.8 Å². The van der Waals surface area contributed by atoms with Crippen LogP contribution in [0.25, 0.3) is 0 Å². The van der Waals surface area contributed by atoms with Crippen LogP contribution in [0.5, 0.6) is 5.75 Å². The van der Waals surface area contributed by atoms with E-state index in [1.807, 2.05) is 36.1 Å². The Morgan fingerprint density at radius 1 is 1.27 bits per heavy atom. The van der Waals surface area contributed by atoms with Gasteiger partial charge in [0.1, 0.15) is 5.75 Å². The maximum atomic E-state index is 12.4. The van der Waals surface area contributed by atoms with Gasteiger partial charge in [0.2, 0.25) is 5.91 Å². The lowest BCUT2D eigenvalue weighted by Gasteiger charge is -2.34. The van der Waals surface area contributed by atoms with Gasteiger partial charge in [0.05, 0.1) is 39.0 Å². The van der Waals surface area contributed by atoms with Gasteiger partial charge in [-0.15, -0.1) is 0 Å². The maximum Gasteiger partial charge on any atom is 0.282 e. The molecule has 1 aliphatic heterocycles. The summed E-state index contributed by atoms with van der Waals surface area (Å²) in [5.41, 5.74) is 0.684. The standard InChI is InChI=1S/C16H23N3O3/c1-12(18-8-10-19(11-9-18)13(2)20)16(21)17-14-6-4-5-7-15(14)22-3/h4-7,12H,8-11H2,1-3H3,(H,17,21)/p+1/t12-/m0/s1. The van der Waals surface area contributed by atoms with Gasteiger partial charge in [-0.2, -0.15) is 0 Å². The Morgan fingerprint density at radius 2 is 1.91 bits per heavy atom. The number of carbonyl (C=O) groups is 2. The van der Waals surface area contributed by atoms with Gasteiger partial charge < -0.3 is 19.9 Å². The van der Waals surface area contributed by atoms with E-state index in [1.165, 1.54) is 4.90 Å². The molecule has 22 heavy (non-hydrogen) atoms. The van der Waals surface area contributed by atoms with E-state index in [0.717, 1.165) is 13.1 Å². The van der Waals surface area contributed by atoms with Crippen molar-refractivity contribution in [1.29, 1.82) is 0 Å². The Bertz CT molecular complexity index is 539. The molecule has 120 valence electrons. The minimum atomic E-state index is -0.168. The summed E-state index contributed by atoms with van der Waals surface area (Å²) in [6.45, 7) is 6.50. The molecule has 0 unspecified atom stereocenters. The van der Waals surface area contributed by atoms with Gasteiger partial charge in [-0.1, -0.05) is 12.1 Å². The van der Waals surface area contributed by atoms with E-state index in [4.69, 9.17) is 4.74 Å². The van der Waals surface area contributed by atoms with Gasteiger partial charge in [0.25, 0.3) is 5.91 Å². The molecule has 1 heterocycles. The monoisotopic (exact) mass is 306 g/mol. The topological polar surface area (TPSA) is 63.1 Å². The number of quaternary nitrogens is 1. The minimum absolute atomic E-state index is 0.0317. The smallest absolute Gasteiger partial charge is 0.282 e. The quantitative estimate of drug-likeness (QED) is 0.808.